The van der Waals surface area contributed by atoms with Crippen molar-refractivity contribution in [2.45, 2.75) is 44.2 Å². The number of aliphatic hydroxyl groups excluding tert-OH is 1. The van der Waals surface area contributed by atoms with E-state index in [1.165, 1.54) is 17.3 Å². The molecule has 12 heteroatoms. The molecule has 210 valence electrons. The highest BCUT2D eigenvalue weighted by Crippen LogP contribution is 2.30. The van der Waals surface area contributed by atoms with E-state index in [2.05, 4.69) is 16.0 Å². The summed E-state index contributed by atoms with van der Waals surface area (Å²) in [5.74, 6) is -1.71. The molecule has 4 N–H and O–H groups in total. The van der Waals surface area contributed by atoms with Crippen LogP contribution in [0.3, 0.4) is 0 Å². The predicted molar refractivity (Wildman–Crippen MR) is 149 cm³/mol. The van der Waals surface area contributed by atoms with Gasteiger partial charge in [0.1, 0.15) is 9.84 Å². The summed E-state index contributed by atoms with van der Waals surface area (Å²) >= 11 is 0. The Kier molecular flexibility index (Phi) is 9.80. The van der Waals surface area contributed by atoms with E-state index in [9.17, 15) is 26.7 Å². The van der Waals surface area contributed by atoms with Gasteiger partial charge in [0.2, 0.25) is 15.9 Å². The molecule has 0 unspecified atom stereocenters. The second-order valence-corrected chi connectivity index (χ2v) is 14.4. The van der Waals surface area contributed by atoms with Gasteiger partial charge in [0.05, 0.1) is 40.8 Å². The molecule has 0 bridgehead atoms. The van der Waals surface area contributed by atoms with Crippen LogP contribution in [0.25, 0.3) is 0 Å². The van der Waals surface area contributed by atoms with Crippen molar-refractivity contribution in [1.82, 2.24) is 9.62 Å². The third-order valence-corrected chi connectivity index (χ3v) is 9.17. The predicted octanol–water partition coefficient (Wildman–Crippen LogP) is 1.90. The molecule has 10 nitrogen and oxygen atoms in total. The van der Waals surface area contributed by atoms with Gasteiger partial charge >= 0.3 is 0 Å². The van der Waals surface area contributed by atoms with Gasteiger partial charge in [0, 0.05) is 25.3 Å². The quantitative estimate of drug-likeness (QED) is 0.288. The number of hydrogen-bond acceptors (Lipinski definition) is 8. The lowest BCUT2D eigenvalue weighted by atomic mass is 10.00. The van der Waals surface area contributed by atoms with Crippen molar-refractivity contribution >= 4 is 37.1 Å². The van der Waals surface area contributed by atoms with Gasteiger partial charge in [-0.3, -0.25) is 4.79 Å². The van der Waals surface area contributed by atoms with Gasteiger partial charge in [-0.1, -0.05) is 51.1 Å². The Morgan fingerprint density at radius 1 is 1.00 bits per heavy atom. The van der Waals surface area contributed by atoms with E-state index in [1.807, 2.05) is 44.2 Å². The Balaban J connectivity index is 1.86. The molecule has 1 aliphatic heterocycles. The van der Waals surface area contributed by atoms with Crippen LogP contribution in [0.4, 0.5) is 11.4 Å². The van der Waals surface area contributed by atoms with Crippen LogP contribution in [-0.4, -0.2) is 76.1 Å². The van der Waals surface area contributed by atoms with Gasteiger partial charge in [0.15, 0.2) is 0 Å². The molecule has 0 saturated carbocycles. The van der Waals surface area contributed by atoms with E-state index < -0.39 is 43.8 Å². The molecule has 3 rings (SSSR count). The zero-order valence-corrected chi connectivity index (χ0v) is 23.8. The summed E-state index contributed by atoms with van der Waals surface area (Å²) in [6.45, 7) is 5.71. The molecule has 0 fully saturated rings. The highest BCUT2D eigenvalue weighted by molar-refractivity contribution is 7.90. The van der Waals surface area contributed by atoms with Crippen LogP contribution in [0.1, 0.15) is 26.3 Å². The zero-order valence-electron chi connectivity index (χ0n) is 22.2. The Labute approximate surface area is 225 Å². The first-order chi connectivity index (χ1) is 17.8. The smallest absolute Gasteiger partial charge is 0.243 e. The van der Waals surface area contributed by atoms with E-state index in [0.29, 0.717) is 12.4 Å². The number of carbonyl (C=O) groups excluding carboxylic acids is 1. The van der Waals surface area contributed by atoms with Gasteiger partial charge in [-0.25, -0.2) is 16.8 Å². The van der Waals surface area contributed by atoms with Crippen LogP contribution < -0.4 is 16.0 Å². The number of rotatable bonds is 13. The average molecular weight is 567 g/mol. The molecule has 38 heavy (non-hydrogen) atoms. The number of carbonyl (C=O) groups is 1. The molecular weight excluding hydrogens is 528 g/mol. The second kappa shape index (κ2) is 12.5. The molecule has 1 aliphatic rings. The van der Waals surface area contributed by atoms with Crippen LogP contribution in [0.2, 0.25) is 0 Å². The standard InChI is InChI=1S/C26H38N4O6S2/c1-18(2)14-30(38(35,36)21-10-11-22-23(13-21)28-17-27-22)15-25(31)24(12-20-8-6-5-7-9-20)29-26(32)19(3)16-37(4,33)34/h5-11,13,18-19,24-25,27-28,31H,12,14-17H2,1-4H3,(H,29,32)/t19-,24+,25-/m1/s1. The summed E-state index contributed by atoms with van der Waals surface area (Å²) in [6.07, 6.45) is 0.0441. The van der Waals surface area contributed by atoms with Crippen molar-refractivity contribution < 1.29 is 26.7 Å². The largest absolute Gasteiger partial charge is 0.390 e. The first kappa shape index (κ1) is 29.9. The van der Waals surface area contributed by atoms with Crippen LogP contribution in [-0.2, 0) is 31.1 Å². The average Bonchev–Trinajstić information content (AvgIpc) is 3.30. The highest BCUT2D eigenvalue weighted by atomic mass is 32.2. The molecular formula is C26H38N4O6S2. The lowest BCUT2D eigenvalue weighted by molar-refractivity contribution is -0.125. The first-order valence-corrected chi connectivity index (χ1v) is 16.1. The number of sulfone groups is 1. The summed E-state index contributed by atoms with van der Waals surface area (Å²) in [7, 11) is -7.37. The summed E-state index contributed by atoms with van der Waals surface area (Å²) < 4.78 is 52.0. The number of hydrogen-bond donors (Lipinski definition) is 4. The topological polar surface area (TPSA) is 145 Å². The SMILES string of the molecule is CC(C)CN(C[C@@H](O)[C@H](Cc1ccccc1)NC(=O)[C@H](C)CS(C)(=O)=O)S(=O)(=O)c1ccc2c(c1)NCN2. The number of amides is 1. The Hall–Kier alpha value is -2.67. The molecule has 2 aromatic carbocycles. The van der Waals surface area contributed by atoms with Gasteiger partial charge in [-0.2, -0.15) is 4.31 Å². The molecule has 0 radical (unpaired) electrons. The van der Waals surface area contributed by atoms with Gasteiger partial charge in [-0.05, 0) is 36.1 Å². The molecule has 0 spiro atoms. The van der Waals surface area contributed by atoms with Crippen molar-refractivity contribution in [3.63, 3.8) is 0 Å². The molecule has 0 aromatic heterocycles. The minimum Gasteiger partial charge on any atom is -0.390 e. The summed E-state index contributed by atoms with van der Waals surface area (Å²) in [4.78, 5) is 13.0. The van der Waals surface area contributed by atoms with Gasteiger partial charge < -0.3 is 21.1 Å². The number of nitrogens with one attached hydrogen (secondary N) is 3. The fourth-order valence-corrected chi connectivity index (χ4v) is 7.10. The summed E-state index contributed by atoms with van der Waals surface area (Å²) in [5.41, 5.74) is 2.33. The Bertz CT molecular complexity index is 1320. The monoisotopic (exact) mass is 566 g/mol. The van der Waals surface area contributed by atoms with Gasteiger partial charge in [-0.15, -0.1) is 0 Å². The highest BCUT2D eigenvalue weighted by Gasteiger charge is 2.33. The number of nitrogens with zero attached hydrogens (tertiary/aromatic N) is 1. The summed E-state index contributed by atoms with van der Waals surface area (Å²) in [6, 6.07) is 13.2. The van der Waals surface area contributed by atoms with E-state index in [4.69, 9.17) is 0 Å². The van der Waals surface area contributed by atoms with E-state index in [0.717, 1.165) is 17.5 Å². The van der Waals surface area contributed by atoms with Crippen molar-refractivity contribution in [3.8, 4) is 0 Å². The minimum absolute atomic E-state index is 0.0249. The molecule has 1 amide bonds. The zero-order chi connectivity index (χ0) is 28.1. The second-order valence-electron chi connectivity index (χ2n) is 10.3. The Morgan fingerprint density at radius 2 is 1.66 bits per heavy atom. The summed E-state index contributed by atoms with van der Waals surface area (Å²) in [5, 5.41) is 20.3. The van der Waals surface area contributed by atoms with Crippen molar-refractivity contribution in [3.05, 3.63) is 54.1 Å². The molecule has 2 aromatic rings. The lowest BCUT2D eigenvalue weighted by Gasteiger charge is -2.31. The number of anilines is 2. The Morgan fingerprint density at radius 3 is 2.29 bits per heavy atom. The maximum atomic E-state index is 13.7. The lowest BCUT2D eigenvalue weighted by Crippen LogP contribution is -2.52. The molecule has 3 atom stereocenters. The van der Waals surface area contributed by atoms with Gasteiger partial charge in [0.25, 0.3) is 0 Å². The maximum Gasteiger partial charge on any atom is 0.243 e. The first-order valence-electron chi connectivity index (χ1n) is 12.6. The van der Waals surface area contributed by atoms with Crippen LogP contribution in [0.15, 0.2) is 53.4 Å². The number of fused-ring (bicyclic) bond motifs is 1. The maximum absolute atomic E-state index is 13.7. The number of benzene rings is 2. The van der Waals surface area contributed by atoms with E-state index in [1.54, 1.807) is 12.1 Å². The van der Waals surface area contributed by atoms with Crippen molar-refractivity contribution in [1.29, 1.82) is 0 Å². The fourth-order valence-electron chi connectivity index (χ4n) is 4.39. The molecule has 0 saturated heterocycles. The molecule has 0 aliphatic carbocycles. The van der Waals surface area contributed by atoms with Crippen molar-refractivity contribution in [2.75, 3.05) is 42.4 Å². The van der Waals surface area contributed by atoms with Crippen LogP contribution >= 0.6 is 0 Å². The third-order valence-electron chi connectivity index (χ3n) is 6.24. The number of sulfonamides is 1. The van der Waals surface area contributed by atoms with E-state index in [-0.39, 0.29) is 36.1 Å². The number of aliphatic hydroxyl groups is 1. The molecule has 1 heterocycles. The van der Waals surface area contributed by atoms with Crippen molar-refractivity contribution in [2.24, 2.45) is 11.8 Å². The minimum atomic E-state index is -3.97. The van der Waals surface area contributed by atoms with Crippen LogP contribution in [0, 0.1) is 11.8 Å². The third kappa shape index (κ3) is 8.16. The normalized spacial score (nSPS) is 15.9. The van der Waals surface area contributed by atoms with Crippen LogP contribution in [0.5, 0.6) is 0 Å². The van der Waals surface area contributed by atoms with E-state index >= 15 is 0 Å². The fraction of sp³-hybridized carbons (Fsp3) is 0.500.